The molecule has 1 fully saturated rings. The number of ketones is 1. The molecule has 0 amide bonds. The highest BCUT2D eigenvalue weighted by Gasteiger charge is 2.39. The van der Waals surface area contributed by atoms with Gasteiger partial charge in [-0.25, -0.2) is 8.78 Å². The third-order valence-electron chi connectivity index (χ3n) is 3.37. The van der Waals surface area contributed by atoms with Crippen LogP contribution < -0.4 is 0 Å². The van der Waals surface area contributed by atoms with Crippen molar-refractivity contribution in [1.29, 1.82) is 0 Å². The Hall–Kier alpha value is -0.960. The summed E-state index contributed by atoms with van der Waals surface area (Å²) < 4.78 is 26.0. The summed E-state index contributed by atoms with van der Waals surface area (Å²) in [6.45, 7) is 0. The molecule has 1 aromatic rings. The number of Topliss-reactive ketones (excluding diaryl/α,β-unsaturated/α-hetero) is 1. The molecule has 0 heterocycles. The molecule has 1 aliphatic carbocycles. The standard InChI is InChI=1S/C14H15ClF2O/c15-13-4-2-1-3-11(13)8-12(18)7-10-5-6-14(16,17)9-10/h1-4,10H,5-9H2. The van der Waals surface area contributed by atoms with Gasteiger partial charge in [0, 0.05) is 30.7 Å². The minimum Gasteiger partial charge on any atom is -0.299 e. The smallest absolute Gasteiger partial charge is 0.248 e. The predicted molar refractivity (Wildman–Crippen MR) is 67.1 cm³/mol. The lowest BCUT2D eigenvalue weighted by molar-refractivity contribution is -0.119. The van der Waals surface area contributed by atoms with Crippen LogP contribution in [0.2, 0.25) is 5.02 Å². The van der Waals surface area contributed by atoms with E-state index in [9.17, 15) is 13.6 Å². The van der Waals surface area contributed by atoms with E-state index in [4.69, 9.17) is 11.6 Å². The van der Waals surface area contributed by atoms with Gasteiger partial charge in [-0.1, -0.05) is 29.8 Å². The molecule has 0 aromatic heterocycles. The van der Waals surface area contributed by atoms with E-state index in [1.165, 1.54) is 0 Å². The van der Waals surface area contributed by atoms with Gasteiger partial charge >= 0.3 is 0 Å². The molecule has 0 saturated heterocycles. The maximum absolute atomic E-state index is 13.0. The van der Waals surface area contributed by atoms with E-state index in [1.807, 2.05) is 6.07 Å². The third-order valence-corrected chi connectivity index (χ3v) is 3.74. The molecule has 1 nitrogen and oxygen atoms in total. The van der Waals surface area contributed by atoms with Gasteiger partial charge in [0.15, 0.2) is 0 Å². The first-order chi connectivity index (χ1) is 8.46. The fraction of sp³-hybridized carbons (Fsp3) is 0.500. The molecule has 0 N–H and O–H groups in total. The molecule has 0 spiro atoms. The maximum Gasteiger partial charge on any atom is 0.248 e. The zero-order valence-corrected chi connectivity index (χ0v) is 10.7. The van der Waals surface area contributed by atoms with Crippen molar-refractivity contribution in [3.05, 3.63) is 34.9 Å². The molecule has 98 valence electrons. The van der Waals surface area contributed by atoms with Crippen LogP contribution in [0, 0.1) is 5.92 Å². The van der Waals surface area contributed by atoms with Gasteiger partial charge in [0.2, 0.25) is 5.92 Å². The SMILES string of the molecule is O=C(Cc1ccccc1Cl)CC1CCC(F)(F)C1. The minimum atomic E-state index is -2.57. The largest absolute Gasteiger partial charge is 0.299 e. The number of hydrogen-bond acceptors (Lipinski definition) is 1. The molecule has 1 aliphatic rings. The van der Waals surface area contributed by atoms with E-state index in [-0.39, 0.29) is 37.4 Å². The van der Waals surface area contributed by atoms with E-state index in [0.29, 0.717) is 11.4 Å². The molecule has 1 atom stereocenters. The van der Waals surface area contributed by atoms with E-state index in [0.717, 1.165) is 5.56 Å². The summed E-state index contributed by atoms with van der Waals surface area (Å²) in [7, 11) is 0. The van der Waals surface area contributed by atoms with Gasteiger partial charge in [0.1, 0.15) is 5.78 Å². The first-order valence-corrected chi connectivity index (χ1v) is 6.47. The number of carbonyl (C=O) groups is 1. The van der Waals surface area contributed by atoms with E-state index in [2.05, 4.69) is 0 Å². The summed E-state index contributed by atoms with van der Waals surface area (Å²) >= 11 is 5.96. The molecular weight excluding hydrogens is 258 g/mol. The monoisotopic (exact) mass is 272 g/mol. The van der Waals surface area contributed by atoms with Crippen molar-refractivity contribution in [2.45, 2.75) is 38.0 Å². The lowest BCUT2D eigenvalue weighted by atomic mass is 9.97. The first kappa shape index (κ1) is 13.5. The fourth-order valence-electron chi connectivity index (χ4n) is 2.46. The van der Waals surface area contributed by atoms with E-state index >= 15 is 0 Å². The number of carbonyl (C=O) groups excluding carboxylic acids is 1. The first-order valence-electron chi connectivity index (χ1n) is 6.09. The van der Waals surface area contributed by atoms with Crippen molar-refractivity contribution in [2.75, 3.05) is 0 Å². The lowest BCUT2D eigenvalue weighted by Gasteiger charge is -2.10. The van der Waals surface area contributed by atoms with Crippen LogP contribution in [-0.4, -0.2) is 11.7 Å². The van der Waals surface area contributed by atoms with Gasteiger partial charge in [0.05, 0.1) is 0 Å². The fourth-order valence-corrected chi connectivity index (χ4v) is 2.67. The summed E-state index contributed by atoms with van der Waals surface area (Å²) in [5.41, 5.74) is 0.772. The number of halogens is 3. The van der Waals surface area contributed by atoms with Crippen LogP contribution in [0.1, 0.15) is 31.2 Å². The molecule has 1 unspecified atom stereocenters. The van der Waals surface area contributed by atoms with Gasteiger partial charge in [-0.15, -0.1) is 0 Å². The summed E-state index contributed by atoms with van der Waals surface area (Å²) in [6.07, 6.45) is 0.683. The Labute approximate surface area is 110 Å². The lowest BCUT2D eigenvalue weighted by Crippen LogP contribution is -2.13. The number of benzene rings is 1. The van der Waals surface area contributed by atoms with Crippen molar-refractivity contribution in [2.24, 2.45) is 5.92 Å². The second-order valence-corrected chi connectivity index (χ2v) is 5.38. The van der Waals surface area contributed by atoms with Crippen LogP contribution in [0.5, 0.6) is 0 Å². The summed E-state index contributed by atoms with van der Waals surface area (Å²) in [4.78, 5) is 11.8. The molecular formula is C14H15ClF2O. The quantitative estimate of drug-likeness (QED) is 0.800. The third kappa shape index (κ3) is 3.52. The zero-order valence-electron chi connectivity index (χ0n) is 9.96. The van der Waals surface area contributed by atoms with E-state index < -0.39 is 5.92 Å². The number of rotatable bonds is 4. The van der Waals surface area contributed by atoms with Crippen molar-refractivity contribution in [1.82, 2.24) is 0 Å². The zero-order chi connectivity index (χ0) is 13.2. The highest BCUT2D eigenvalue weighted by molar-refractivity contribution is 6.31. The van der Waals surface area contributed by atoms with Crippen molar-refractivity contribution in [3.8, 4) is 0 Å². The number of hydrogen-bond donors (Lipinski definition) is 0. The molecule has 1 saturated carbocycles. The highest BCUT2D eigenvalue weighted by atomic mass is 35.5. The Morgan fingerprint density at radius 2 is 2.11 bits per heavy atom. The average Bonchev–Trinajstić information content (AvgIpc) is 2.61. The Balaban J connectivity index is 1.88. The van der Waals surface area contributed by atoms with Crippen LogP contribution in [0.25, 0.3) is 0 Å². The molecule has 4 heteroatoms. The molecule has 0 bridgehead atoms. The molecule has 18 heavy (non-hydrogen) atoms. The molecule has 2 rings (SSSR count). The van der Waals surface area contributed by atoms with Crippen molar-refractivity contribution >= 4 is 17.4 Å². The van der Waals surface area contributed by atoms with Crippen LogP contribution in [0.15, 0.2) is 24.3 Å². The minimum absolute atomic E-state index is 0.00852. The summed E-state index contributed by atoms with van der Waals surface area (Å²) in [5.74, 6) is -2.75. The molecule has 0 radical (unpaired) electrons. The Morgan fingerprint density at radius 3 is 2.72 bits per heavy atom. The maximum atomic E-state index is 13.0. The second-order valence-electron chi connectivity index (χ2n) is 4.98. The van der Waals surface area contributed by atoms with Gasteiger partial charge in [-0.2, -0.15) is 0 Å². The van der Waals surface area contributed by atoms with Gasteiger partial charge in [0.25, 0.3) is 0 Å². The predicted octanol–water partition coefficient (Wildman–Crippen LogP) is 4.28. The summed E-state index contributed by atoms with van der Waals surface area (Å²) in [6, 6.07) is 7.14. The van der Waals surface area contributed by atoms with Crippen LogP contribution in [0.3, 0.4) is 0 Å². The van der Waals surface area contributed by atoms with Gasteiger partial charge < -0.3 is 0 Å². The molecule has 0 aliphatic heterocycles. The summed E-state index contributed by atoms with van der Waals surface area (Å²) in [5, 5.41) is 0.558. The Morgan fingerprint density at radius 1 is 1.39 bits per heavy atom. The van der Waals surface area contributed by atoms with Crippen molar-refractivity contribution in [3.63, 3.8) is 0 Å². The number of alkyl halides is 2. The van der Waals surface area contributed by atoms with E-state index in [1.54, 1.807) is 18.2 Å². The van der Waals surface area contributed by atoms with Crippen LogP contribution in [0.4, 0.5) is 8.78 Å². The van der Waals surface area contributed by atoms with Gasteiger partial charge in [-0.05, 0) is 24.0 Å². The van der Waals surface area contributed by atoms with Crippen LogP contribution >= 0.6 is 11.6 Å². The van der Waals surface area contributed by atoms with Crippen molar-refractivity contribution < 1.29 is 13.6 Å². The highest BCUT2D eigenvalue weighted by Crippen LogP contribution is 2.40. The topological polar surface area (TPSA) is 17.1 Å². The second kappa shape index (κ2) is 5.35. The molecule has 1 aromatic carbocycles. The normalized spacial score (nSPS) is 22.1. The van der Waals surface area contributed by atoms with Crippen LogP contribution in [-0.2, 0) is 11.2 Å². The van der Waals surface area contributed by atoms with Gasteiger partial charge in [-0.3, -0.25) is 4.79 Å². The Bertz CT molecular complexity index is 445. The average molecular weight is 273 g/mol. The Kier molecular flexibility index (Phi) is 4.00.